The third-order valence-corrected chi connectivity index (χ3v) is 5.63. The highest BCUT2D eigenvalue weighted by atomic mass is 79.9. The fourth-order valence-electron chi connectivity index (χ4n) is 2.41. The van der Waals surface area contributed by atoms with Crippen molar-refractivity contribution in [3.05, 3.63) is 16.5 Å². The van der Waals surface area contributed by atoms with Crippen LogP contribution in [0.5, 0.6) is 0 Å². The molecular formula is C12H15BrClNO4S. The standard InChI is InChI=1S/C12H15BrClNO4S/c13-11-10(20(14,17)18)7-9(19-11)12(16)15-6-5-8-3-1-2-4-8/h7-8H,1-6H2,(H,15,16). The van der Waals surface area contributed by atoms with Gasteiger partial charge in [0.1, 0.15) is 4.90 Å². The number of furan rings is 1. The molecule has 1 fully saturated rings. The van der Waals surface area contributed by atoms with Crippen LogP contribution in [0.25, 0.3) is 0 Å². The van der Waals surface area contributed by atoms with Crippen molar-refractivity contribution in [2.45, 2.75) is 37.0 Å². The molecule has 1 saturated carbocycles. The van der Waals surface area contributed by atoms with Crippen molar-refractivity contribution in [1.82, 2.24) is 5.32 Å². The van der Waals surface area contributed by atoms with Crippen molar-refractivity contribution < 1.29 is 17.6 Å². The van der Waals surface area contributed by atoms with Crippen LogP contribution in [0, 0.1) is 5.92 Å². The van der Waals surface area contributed by atoms with E-state index in [1.54, 1.807) is 0 Å². The molecule has 1 aliphatic carbocycles. The summed E-state index contributed by atoms with van der Waals surface area (Å²) in [5.41, 5.74) is 0. The molecule has 0 atom stereocenters. The van der Waals surface area contributed by atoms with Gasteiger partial charge in [0.15, 0.2) is 10.4 Å². The first kappa shape index (κ1) is 15.9. The topological polar surface area (TPSA) is 76.4 Å². The van der Waals surface area contributed by atoms with Crippen LogP contribution < -0.4 is 5.32 Å². The lowest BCUT2D eigenvalue weighted by molar-refractivity contribution is 0.0922. The predicted octanol–water partition coefficient (Wildman–Crippen LogP) is 3.28. The van der Waals surface area contributed by atoms with Gasteiger partial charge in [-0.15, -0.1) is 0 Å². The second-order valence-electron chi connectivity index (χ2n) is 4.88. The molecule has 1 N–H and O–H groups in total. The van der Waals surface area contributed by atoms with E-state index < -0.39 is 15.0 Å². The SMILES string of the molecule is O=C(NCCC1CCCC1)c1cc(S(=O)(=O)Cl)c(Br)o1. The molecule has 0 saturated heterocycles. The number of hydrogen-bond acceptors (Lipinski definition) is 4. The molecule has 1 heterocycles. The molecule has 112 valence electrons. The molecule has 1 aromatic rings. The van der Waals surface area contributed by atoms with E-state index >= 15 is 0 Å². The minimum absolute atomic E-state index is 0.0616. The number of hydrogen-bond donors (Lipinski definition) is 1. The van der Waals surface area contributed by atoms with Gasteiger partial charge in [0, 0.05) is 23.3 Å². The fourth-order valence-corrected chi connectivity index (χ4v) is 4.44. The summed E-state index contributed by atoms with van der Waals surface area (Å²) in [7, 11) is 1.29. The summed E-state index contributed by atoms with van der Waals surface area (Å²) < 4.78 is 27.4. The zero-order valence-corrected chi connectivity index (χ0v) is 13.9. The zero-order valence-electron chi connectivity index (χ0n) is 10.7. The Kier molecular flexibility index (Phi) is 5.14. The normalized spacial score (nSPS) is 16.5. The third-order valence-electron chi connectivity index (χ3n) is 3.45. The highest BCUT2D eigenvalue weighted by molar-refractivity contribution is 9.10. The third kappa shape index (κ3) is 3.99. The van der Waals surface area contributed by atoms with Crippen LogP contribution in [-0.4, -0.2) is 20.9 Å². The molecule has 1 aliphatic rings. The maximum atomic E-state index is 11.8. The van der Waals surface area contributed by atoms with E-state index in [2.05, 4.69) is 21.2 Å². The van der Waals surface area contributed by atoms with Crippen LogP contribution in [0.3, 0.4) is 0 Å². The van der Waals surface area contributed by atoms with Gasteiger partial charge < -0.3 is 9.73 Å². The minimum Gasteiger partial charge on any atom is -0.443 e. The second-order valence-corrected chi connectivity index (χ2v) is 8.14. The van der Waals surface area contributed by atoms with Gasteiger partial charge >= 0.3 is 0 Å². The average molecular weight is 385 g/mol. The zero-order chi connectivity index (χ0) is 14.8. The summed E-state index contributed by atoms with van der Waals surface area (Å²) in [6.07, 6.45) is 5.91. The van der Waals surface area contributed by atoms with Crippen molar-refractivity contribution in [2.24, 2.45) is 5.92 Å². The summed E-state index contributed by atoms with van der Waals surface area (Å²) in [5.74, 6) is 0.176. The second kappa shape index (κ2) is 6.49. The van der Waals surface area contributed by atoms with Gasteiger partial charge in [0.25, 0.3) is 15.0 Å². The summed E-state index contributed by atoms with van der Waals surface area (Å²) in [4.78, 5) is 11.6. The summed E-state index contributed by atoms with van der Waals surface area (Å²) >= 11 is 2.93. The van der Waals surface area contributed by atoms with Gasteiger partial charge in [-0.2, -0.15) is 0 Å². The van der Waals surface area contributed by atoms with Crippen LogP contribution in [0.4, 0.5) is 0 Å². The van der Waals surface area contributed by atoms with Gasteiger partial charge in [0.2, 0.25) is 0 Å². The van der Waals surface area contributed by atoms with Crippen molar-refractivity contribution in [3.8, 4) is 0 Å². The van der Waals surface area contributed by atoms with Crippen molar-refractivity contribution >= 4 is 41.6 Å². The van der Waals surface area contributed by atoms with Gasteiger partial charge in [-0.05, 0) is 28.3 Å². The quantitative estimate of drug-likeness (QED) is 0.790. The van der Waals surface area contributed by atoms with E-state index in [9.17, 15) is 13.2 Å². The Morgan fingerprint density at radius 1 is 1.45 bits per heavy atom. The molecule has 0 unspecified atom stereocenters. The van der Waals surface area contributed by atoms with Crippen LogP contribution in [-0.2, 0) is 9.05 Å². The number of carbonyl (C=O) groups excluding carboxylic acids is 1. The fraction of sp³-hybridized carbons (Fsp3) is 0.583. The number of carbonyl (C=O) groups is 1. The summed E-state index contributed by atoms with van der Waals surface area (Å²) in [5, 5.41) is 2.73. The monoisotopic (exact) mass is 383 g/mol. The smallest absolute Gasteiger partial charge is 0.287 e. The Bertz CT molecular complexity index is 593. The van der Waals surface area contributed by atoms with Crippen molar-refractivity contribution in [3.63, 3.8) is 0 Å². The molecule has 0 aromatic carbocycles. The number of rotatable bonds is 5. The molecule has 0 aliphatic heterocycles. The van der Waals surface area contributed by atoms with Crippen molar-refractivity contribution in [1.29, 1.82) is 0 Å². The van der Waals surface area contributed by atoms with E-state index in [0.717, 1.165) is 12.5 Å². The average Bonchev–Trinajstić information content (AvgIpc) is 2.97. The molecule has 0 bridgehead atoms. The maximum Gasteiger partial charge on any atom is 0.287 e. The van der Waals surface area contributed by atoms with Gasteiger partial charge in [-0.1, -0.05) is 25.7 Å². The molecule has 20 heavy (non-hydrogen) atoms. The van der Waals surface area contributed by atoms with E-state index in [0.29, 0.717) is 12.5 Å². The highest BCUT2D eigenvalue weighted by Gasteiger charge is 2.23. The van der Waals surface area contributed by atoms with E-state index in [-0.39, 0.29) is 15.3 Å². The lowest BCUT2D eigenvalue weighted by Crippen LogP contribution is -2.25. The number of nitrogens with one attached hydrogen (secondary N) is 1. The van der Waals surface area contributed by atoms with E-state index in [4.69, 9.17) is 15.1 Å². The summed E-state index contributed by atoms with van der Waals surface area (Å²) in [6.45, 7) is 0.560. The molecule has 8 heteroatoms. The van der Waals surface area contributed by atoms with Gasteiger partial charge in [-0.3, -0.25) is 4.79 Å². The molecule has 0 radical (unpaired) electrons. The number of halogens is 2. The van der Waals surface area contributed by atoms with Crippen LogP contribution in [0.1, 0.15) is 42.7 Å². The molecule has 5 nitrogen and oxygen atoms in total. The highest BCUT2D eigenvalue weighted by Crippen LogP contribution is 2.29. The van der Waals surface area contributed by atoms with E-state index in [1.807, 2.05) is 0 Å². The molecule has 0 spiro atoms. The molecular weight excluding hydrogens is 370 g/mol. The van der Waals surface area contributed by atoms with E-state index in [1.165, 1.54) is 25.7 Å². The van der Waals surface area contributed by atoms with Crippen LogP contribution in [0.15, 0.2) is 20.0 Å². The lowest BCUT2D eigenvalue weighted by atomic mass is 10.0. The first-order valence-corrected chi connectivity index (χ1v) is 9.50. The molecule has 2 rings (SSSR count). The van der Waals surface area contributed by atoms with Gasteiger partial charge in [0.05, 0.1) is 0 Å². The van der Waals surface area contributed by atoms with Crippen LogP contribution in [0.2, 0.25) is 0 Å². The summed E-state index contributed by atoms with van der Waals surface area (Å²) in [6, 6.07) is 1.12. The Labute approximate surface area is 130 Å². The predicted molar refractivity (Wildman–Crippen MR) is 78.4 cm³/mol. The Morgan fingerprint density at radius 3 is 2.65 bits per heavy atom. The largest absolute Gasteiger partial charge is 0.443 e. The molecule has 1 aromatic heterocycles. The molecule has 1 amide bonds. The van der Waals surface area contributed by atoms with Gasteiger partial charge in [-0.25, -0.2) is 8.42 Å². The lowest BCUT2D eigenvalue weighted by Gasteiger charge is -2.08. The van der Waals surface area contributed by atoms with Crippen LogP contribution >= 0.6 is 26.6 Å². The van der Waals surface area contributed by atoms with Crippen molar-refractivity contribution in [2.75, 3.05) is 6.54 Å². The Balaban J connectivity index is 1.92. The first-order chi connectivity index (χ1) is 9.38. The first-order valence-electron chi connectivity index (χ1n) is 6.40. The Hall–Kier alpha value is -0.530. The number of amides is 1. The minimum atomic E-state index is -3.93. The Morgan fingerprint density at radius 2 is 2.10 bits per heavy atom. The maximum absolute atomic E-state index is 11.8.